The lowest BCUT2D eigenvalue weighted by Crippen LogP contribution is -2.37. The number of aliphatic hydroxyl groups excluding tert-OH is 4. The number of anilines is 3. The molecule has 26 heavy (non-hydrogen) atoms. The van der Waals surface area contributed by atoms with Crippen molar-refractivity contribution in [2.75, 3.05) is 37.1 Å². The van der Waals surface area contributed by atoms with Crippen molar-refractivity contribution in [2.45, 2.75) is 19.9 Å². The molecule has 0 aromatic heterocycles. The van der Waals surface area contributed by atoms with E-state index in [0.29, 0.717) is 6.04 Å². The largest absolute Gasteiger partial charge is 0.397 e. The van der Waals surface area contributed by atoms with Crippen molar-refractivity contribution in [2.24, 2.45) is 5.41 Å². The number of nitrogen functional groups attached to an aromatic ring is 1. The molecule has 0 unspecified atom stereocenters. The molecule has 0 aliphatic rings. The van der Waals surface area contributed by atoms with Gasteiger partial charge in [-0.15, -0.1) is 0 Å². The van der Waals surface area contributed by atoms with Crippen molar-refractivity contribution < 1.29 is 20.4 Å². The molecule has 0 spiro atoms. The van der Waals surface area contributed by atoms with Crippen LogP contribution in [0.3, 0.4) is 0 Å². The highest BCUT2D eigenvalue weighted by atomic mass is 16.3. The summed E-state index contributed by atoms with van der Waals surface area (Å²) in [6.45, 7) is 2.71. The van der Waals surface area contributed by atoms with Crippen molar-refractivity contribution in [3.63, 3.8) is 0 Å². The second-order valence-electron chi connectivity index (χ2n) is 6.49. The third-order valence-electron chi connectivity index (χ3n) is 4.09. The average Bonchev–Trinajstić information content (AvgIpc) is 2.67. The Morgan fingerprint density at radius 1 is 0.808 bits per heavy atom. The summed E-state index contributed by atoms with van der Waals surface area (Å²) in [6.07, 6.45) is 0. The molecule has 6 N–H and O–H groups in total. The molecule has 0 atom stereocenters. The number of para-hydroxylation sites is 3. The SMILES string of the molecule is CC(C)N(c1ccccc1)c1ccccc1N.OCC(CO)(CO)CO. The van der Waals surface area contributed by atoms with Gasteiger partial charge in [-0.3, -0.25) is 0 Å². The van der Waals surface area contributed by atoms with Crippen LogP contribution in [-0.4, -0.2) is 52.9 Å². The Kier molecular flexibility index (Phi) is 9.09. The van der Waals surface area contributed by atoms with E-state index < -0.39 is 31.8 Å². The number of nitrogens with two attached hydrogens (primary N) is 1. The fourth-order valence-electron chi connectivity index (χ4n) is 2.31. The Hall–Kier alpha value is -2.12. The Morgan fingerprint density at radius 3 is 1.65 bits per heavy atom. The first kappa shape index (κ1) is 21.9. The van der Waals surface area contributed by atoms with Gasteiger partial charge >= 0.3 is 0 Å². The van der Waals surface area contributed by atoms with Crippen LogP contribution >= 0.6 is 0 Å². The topological polar surface area (TPSA) is 110 Å². The predicted octanol–water partition coefficient (Wildman–Crippen LogP) is 1.76. The van der Waals surface area contributed by atoms with E-state index in [2.05, 4.69) is 36.9 Å². The number of benzene rings is 2. The summed E-state index contributed by atoms with van der Waals surface area (Å²) >= 11 is 0. The smallest absolute Gasteiger partial charge is 0.0646 e. The van der Waals surface area contributed by atoms with E-state index in [-0.39, 0.29) is 0 Å². The van der Waals surface area contributed by atoms with Crippen molar-refractivity contribution in [3.05, 3.63) is 54.6 Å². The van der Waals surface area contributed by atoms with Gasteiger partial charge in [-0.1, -0.05) is 30.3 Å². The normalized spacial score (nSPS) is 11.0. The minimum Gasteiger partial charge on any atom is -0.397 e. The lowest BCUT2D eigenvalue weighted by Gasteiger charge is -2.30. The third-order valence-corrected chi connectivity index (χ3v) is 4.09. The van der Waals surface area contributed by atoms with Crippen LogP contribution in [0.5, 0.6) is 0 Å². The molecule has 2 rings (SSSR count). The molecule has 0 heterocycles. The molecule has 6 nitrogen and oxygen atoms in total. The van der Waals surface area contributed by atoms with Crippen LogP contribution in [0.2, 0.25) is 0 Å². The standard InChI is InChI=1S/C15H18N2.C5H12O4/c1-12(2)17(13-8-4-3-5-9-13)15-11-7-6-10-14(15)16;6-1-5(2-7,3-8)4-9/h3-12H,16H2,1-2H3;6-9H,1-4H2. The van der Waals surface area contributed by atoms with Crippen LogP contribution in [-0.2, 0) is 0 Å². The molecule has 0 aliphatic carbocycles. The van der Waals surface area contributed by atoms with Gasteiger partial charge in [-0.2, -0.15) is 0 Å². The summed E-state index contributed by atoms with van der Waals surface area (Å²) in [7, 11) is 0. The highest BCUT2D eigenvalue weighted by Crippen LogP contribution is 2.31. The van der Waals surface area contributed by atoms with Crippen LogP contribution in [0.4, 0.5) is 17.1 Å². The van der Waals surface area contributed by atoms with E-state index in [1.165, 1.54) is 5.69 Å². The first-order valence-corrected chi connectivity index (χ1v) is 8.57. The molecule has 2 aromatic rings. The molecule has 0 amide bonds. The van der Waals surface area contributed by atoms with E-state index in [1.807, 2.05) is 36.4 Å². The van der Waals surface area contributed by atoms with Gasteiger partial charge in [0.15, 0.2) is 0 Å². The molecule has 0 aliphatic heterocycles. The van der Waals surface area contributed by atoms with Gasteiger partial charge in [-0.05, 0) is 38.1 Å². The van der Waals surface area contributed by atoms with Crippen LogP contribution < -0.4 is 10.6 Å². The van der Waals surface area contributed by atoms with Gasteiger partial charge in [0.2, 0.25) is 0 Å². The Labute approximate surface area is 155 Å². The summed E-state index contributed by atoms with van der Waals surface area (Å²) < 4.78 is 0. The van der Waals surface area contributed by atoms with Gasteiger partial charge < -0.3 is 31.1 Å². The highest BCUT2D eigenvalue weighted by Gasteiger charge is 2.26. The van der Waals surface area contributed by atoms with Crippen LogP contribution in [0.25, 0.3) is 0 Å². The molecule has 0 fully saturated rings. The van der Waals surface area contributed by atoms with E-state index >= 15 is 0 Å². The highest BCUT2D eigenvalue weighted by molar-refractivity contribution is 5.75. The van der Waals surface area contributed by atoms with E-state index in [4.69, 9.17) is 26.2 Å². The van der Waals surface area contributed by atoms with Gasteiger partial charge in [-0.25, -0.2) is 0 Å². The summed E-state index contributed by atoms with van der Waals surface area (Å²) in [4.78, 5) is 2.25. The molecular formula is C20H30N2O4. The predicted molar refractivity (Wildman–Crippen MR) is 105 cm³/mol. The summed E-state index contributed by atoms with van der Waals surface area (Å²) in [6, 6.07) is 18.7. The zero-order valence-corrected chi connectivity index (χ0v) is 15.4. The van der Waals surface area contributed by atoms with E-state index in [1.54, 1.807) is 0 Å². The Bertz CT molecular complexity index is 613. The van der Waals surface area contributed by atoms with Gasteiger partial charge in [0.1, 0.15) is 0 Å². The Balaban J connectivity index is 0.000000321. The number of aliphatic hydroxyl groups is 4. The maximum atomic E-state index is 8.50. The summed E-state index contributed by atoms with van der Waals surface area (Å²) in [5, 5.41) is 34.0. The quantitative estimate of drug-likeness (QED) is 0.480. The maximum absolute atomic E-state index is 8.50. The number of hydrogen-bond donors (Lipinski definition) is 5. The van der Waals surface area contributed by atoms with Crippen molar-refractivity contribution in [1.29, 1.82) is 0 Å². The third kappa shape index (κ3) is 5.71. The second kappa shape index (κ2) is 10.8. The lowest BCUT2D eigenvalue weighted by molar-refractivity contribution is -0.0328. The van der Waals surface area contributed by atoms with Crippen molar-refractivity contribution >= 4 is 17.1 Å². The van der Waals surface area contributed by atoms with Gasteiger partial charge in [0.25, 0.3) is 0 Å². The molecule has 0 radical (unpaired) electrons. The van der Waals surface area contributed by atoms with Crippen molar-refractivity contribution in [1.82, 2.24) is 0 Å². The second-order valence-corrected chi connectivity index (χ2v) is 6.49. The summed E-state index contributed by atoms with van der Waals surface area (Å²) in [5.41, 5.74) is 7.98. The molecule has 0 saturated carbocycles. The van der Waals surface area contributed by atoms with Crippen LogP contribution in [0, 0.1) is 5.41 Å². The maximum Gasteiger partial charge on any atom is 0.0646 e. The molecular weight excluding hydrogens is 332 g/mol. The van der Waals surface area contributed by atoms with Gasteiger partial charge in [0.05, 0.1) is 43.2 Å². The van der Waals surface area contributed by atoms with Crippen molar-refractivity contribution in [3.8, 4) is 0 Å². The first-order valence-electron chi connectivity index (χ1n) is 8.57. The molecule has 2 aromatic carbocycles. The average molecular weight is 362 g/mol. The zero-order chi connectivity index (χ0) is 19.6. The summed E-state index contributed by atoms with van der Waals surface area (Å²) in [5.74, 6) is 0. The number of hydrogen-bond acceptors (Lipinski definition) is 6. The van der Waals surface area contributed by atoms with Crippen LogP contribution in [0.1, 0.15) is 13.8 Å². The van der Waals surface area contributed by atoms with Gasteiger partial charge in [0, 0.05) is 11.7 Å². The molecule has 0 saturated heterocycles. The lowest BCUT2D eigenvalue weighted by atomic mass is 9.93. The minimum absolute atomic E-state index is 0.363. The van der Waals surface area contributed by atoms with Crippen LogP contribution in [0.15, 0.2) is 54.6 Å². The van der Waals surface area contributed by atoms with E-state index in [9.17, 15) is 0 Å². The minimum atomic E-state index is -1.11. The molecule has 144 valence electrons. The first-order chi connectivity index (χ1) is 12.4. The number of nitrogens with zero attached hydrogens (tertiary/aromatic N) is 1. The zero-order valence-electron chi connectivity index (χ0n) is 15.4. The fraction of sp³-hybridized carbons (Fsp3) is 0.400. The molecule has 6 heteroatoms. The van der Waals surface area contributed by atoms with E-state index in [0.717, 1.165) is 11.4 Å². The Morgan fingerprint density at radius 2 is 1.27 bits per heavy atom. The number of rotatable bonds is 7. The molecule has 0 bridgehead atoms. The monoisotopic (exact) mass is 362 g/mol. The fourth-order valence-corrected chi connectivity index (χ4v) is 2.31.